The normalized spacial score (nSPS) is 15.2. The number of nitrogens with one attached hydrogen (secondary N) is 1. The first-order valence-corrected chi connectivity index (χ1v) is 8.39. The minimum Gasteiger partial charge on any atom is -0.493 e. The van der Waals surface area contributed by atoms with Gasteiger partial charge < -0.3 is 15.0 Å². The van der Waals surface area contributed by atoms with Crippen LogP contribution in [0.3, 0.4) is 0 Å². The van der Waals surface area contributed by atoms with Crippen LogP contribution >= 0.6 is 24.0 Å². The highest BCUT2D eigenvalue weighted by Gasteiger charge is 2.25. The molecule has 1 aliphatic rings. The zero-order valence-corrected chi connectivity index (χ0v) is 15.4. The van der Waals surface area contributed by atoms with Gasteiger partial charge >= 0.3 is 0 Å². The molecule has 1 saturated heterocycles. The number of amides is 1. The van der Waals surface area contributed by atoms with Gasteiger partial charge in [0.2, 0.25) is 0 Å². The van der Waals surface area contributed by atoms with E-state index < -0.39 is 0 Å². The molecule has 1 N–H and O–H groups in total. The number of carbonyl (C=O) groups is 1. The van der Waals surface area contributed by atoms with E-state index in [1.807, 2.05) is 18.9 Å². The van der Waals surface area contributed by atoms with Crippen LogP contribution in [0.1, 0.15) is 36.5 Å². The molecule has 1 amide bonds. The molecule has 130 valence electrons. The van der Waals surface area contributed by atoms with Crippen LogP contribution in [0.25, 0.3) is 0 Å². The van der Waals surface area contributed by atoms with E-state index in [-0.39, 0.29) is 18.3 Å². The number of halogens is 2. The largest absolute Gasteiger partial charge is 0.493 e. The smallest absolute Gasteiger partial charge is 0.257 e. The Kier molecular flexibility index (Phi) is 8.74. The summed E-state index contributed by atoms with van der Waals surface area (Å²) in [4.78, 5) is 14.7. The summed E-state index contributed by atoms with van der Waals surface area (Å²) in [5.41, 5.74) is 0.577. The van der Waals surface area contributed by atoms with Crippen molar-refractivity contribution in [3.8, 4) is 5.75 Å². The molecule has 0 atom stereocenters. The fourth-order valence-electron chi connectivity index (χ4n) is 2.81. The molecule has 0 spiro atoms. The standard InChI is InChI=1S/C17H25ClN2O2.ClH/c1-3-10-22-16-5-4-14(18)11-15(16)17(21)20-8-6-13(7-9-20)12-19-2;/h4-5,11,13,19H,3,6-10,12H2,1-2H3;1H. The Morgan fingerprint density at radius 1 is 1.39 bits per heavy atom. The fourth-order valence-corrected chi connectivity index (χ4v) is 2.98. The SMILES string of the molecule is CCCOc1ccc(Cl)cc1C(=O)N1CCC(CNC)CC1.Cl. The highest BCUT2D eigenvalue weighted by Crippen LogP contribution is 2.26. The van der Waals surface area contributed by atoms with Gasteiger partial charge in [-0.1, -0.05) is 18.5 Å². The molecule has 0 aromatic heterocycles. The van der Waals surface area contributed by atoms with Crippen LogP contribution in [0.4, 0.5) is 0 Å². The third-order valence-corrected chi connectivity index (χ3v) is 4.26. The maximum Gasteiger partial charge on any atom is 0.257 e. The summed E-state index contributed by atoms with van der Waals surface area (Å²) >= 11 is 6.06. The summed E-state index contributed by atoms with van der Waals surface area (Å²) in [6, 6.07) is 5.27. The number of likely N-dealkylation sites (tertiary alicyclic amines) is 1. The first kappa shape index (κ1) is 20.1. The van der Waals surface area contributed by atoms with E-state index in [0.717, 1.165) is 38.9 Å². The second-order valence-corrected chi connectivity index (χ2v) is 6.22. The number of carbonyl (C=O) groups excluding carboxylic acids is 1. The minimum atomic E-state index is 0. The Bertz CT molecular complexity index is 503. The van der Waals surface area contributed by atoms with Gasteiger partial charge in [-0.25, -0.2) is 0 Å². The van der Waals surface area contributed by atoms with E-state index >= 15 is 0 Å². The monoisotopic (exact) mass is 360 g/mol. The molecule has 1 fully saturated rings. The van der Waals surface area contributed by atoms with Crippen molar-refractivity contribution in [2.75, 3.05) is 33.3 Å². The Morgan fingerprint density at radius 3 is 2.70 bits per heavy atom. The van der Waals surface area contributed by atoms with Gasteiger partial charge in [0, 0.05) is 18.1 Å². The predicted octanol–water partition coefficient (Wildman–Crippen LogP) is 3.62. The molecule has 2 rings (SSSR count). The lowest BCUT2D eigenvalue weighted by Gasteiger charge is -2.32. The number of piperidine rings is 1. The molecular formula is C17H26Cl2N2O2. The number of ether oxygens (including phenoxy) is 1. The molecule has 23 heavy (non-hydrogen) atoms. The lowest BCUT2D eigenvalue weighted by Crippen LogP contribution is -2.40. The molecule has 0 radical (unpaired) electrons. The van der Waals surface area contributed by atoms with Crippen LogP contribution in [-0.4, -0.2) is 44.1 Å². The summed E-state index contributed by atoms with van der Waals surface area (Å²) in [5, 5.41) is 3.78. The number of hydrogen-bond donors (Lipinski definition) is 1. The van der Waals surface area contributed by atoms with Gasteiger partial charge in [-0.2, -0.15) is 0 Å². The summed E-state index contributed by atoms with van der Waals surface area (Å²) < 4.78 is 5.70. The number of rotatable bonds is 6. The quantitative estimate of drug-likeness (QED) is 0.842. The van der Waals surface area contributed by atoms with Crippen LogP contribution in [-0.2, 0) is 0 Å². The van der Waals surface area contributed by atoms with Crippen molar-refractivity contribution in [1.82, 2.24) is 10.2 Å². The van der Waals surface area contributed by atoms with Crippen molar-refractivity contribution in [3.63, 3.8) is 0 Å². The fraction of sp³-hybridized carbons (Fsp3) is 0.588. The average molecular weight is 361 g/mol. The van der Waals surface area contributed by atoms with E-state index in [1.165, 1.54) is 0 Å². The van der Waals surface area contributed by atoms with Crippen LogP contribution in [0.15, 0.2) is 18.2 Å². The van der Waals surface area contributed by atoms with Crippen molar-refractivity contribution in [1.29, 1.82) is 0 Å². The van der Waals surface area contributed by atoms with Crippen molar-refractivity contribution in [2.24, 2.45) is 5.92 Å². The first-order chi connectivity index (χ1) is 10.7. The van der Waals surface area contributed by atoms with Gasteiger partial charge in [0.1, 0.15) is 5.75 Å². The maximum atomic E-state index is 12.8. The van der Waals surface area contributed by atoms with Crippen LogP contribution < -0.4 is 10.1 Å². The average Bonchev–Trinajstić information content (AvgIpc) is 2.54. The minimum absolute atomic E-state index is 0. The predicted molar refractivity (Wildman–Crippen MR) is 97.0 cm³/mol. The van der Waals surface area contributed by atoms with Gasteiger partial charge in [-0.3, -0.25) is 4.79 Å². The number of hydrogen-bond acceptors (Lipinski definition) is 3. The molecule has 0 bridgehead atoms. The molecule has 1 aromatic carbocycles. The number of nitrogens with zero attached hydrogens (tertiary/aromatic N) is 1. The molecular weight excluding hydrogens is 335 g/mol. The summed E-state index contributed by atoms with van der Waals surface area (Å²) in [5.74, 6) is 1.31. The third kappa shape index (κ3) is 5.55. The van der Waals surface area contributed by atoms with Crippen molar-refractivity contribution in [3.05, 3.63) is 28.8 Å². The molecule has 0 aliphatic carbocycles. The summed E-state index contributed by atoms with van der Waals surface area (Å²) in [6.07, 6.45) is 2.99. The van der Waals surface area contributed by atoms with E-state index in [0.29, 0.717) is 28.9 Å². The molecule has 4 nitrogen and oxygen atoms in total. The third-order valence-electron chi connectivity index (χ3n) is 4.03. The summed E-state index contributed by atoms with van der Waals surface area (Å²) in [7, 11) is 1.97. The van der Waals surface area contributed by atoms with E-state index in [1.54, 1.807) is 18.2 Å². The van der Waals surface area contributed by atoms with E-state index in [4.69, 9.17) is 16.3 Å². The second kappa shape index (κ2) is 10.0. The van der Waals surface area contributed by atoms with Gasteiger partial charge in [0.25, 0.3) is 5.91 Å². The Hall–Kier alpha value is -0.970. The Balaban J connectivity index is 0.00000264. The van der Waals surface area contributed by atoms with E-state index in [9.17, 15) is 4.79 Å². The van der Waals surface area contributed by atoms with Gasteiger partial charge in [-0.05, 0) is 57.0 Å². The van der Waals surface area contributed by atoms with Crippen molar-refractivity contribution >= 4 is 29.9 Å². The molecule has 1 heterocycles. The van der Waals surface area contributed by atoms with Crippen LogP contribution in [0.5, 0.6) is 5.75 Å². The zero-order valence-electron chi connectivity index (χ0n) is 13.8. The first-order valence-electron chi connectivity index (χ1n) is 8.02. The Labute approximate surface area is 149 Å². The molecule has 6 heteroatoms. The van der Waals surface area contributed by atoms with Crippen LogP contribution in [0, 0.1) is 5.92 Å². The molecule has 0 saturated carbocycles. The molecule has 0 unspecified atom stereocenters. The van der Waals surface area contributed by atoms with Crippen molar-refractivity contribution in [2.45, 2.75) is 26.2 Å². The van der Waals surface area contributed by atoms with Gasteiger partial charge in [0.15, 0.2) is 0 Å². The zero-order chi connectivity index (χ0) is 15.9. The number of benzene rings is 1. The highest BCUT2D eigenvalue weighted by atomic mass is 35.5. The lowest BCUT2D eigenvalue weighted by molar-refractivity contribution is 0.0686. The molecule has 1 aromatic rings. The van der Waals surface area contributed by atoms with Crippen LogP contribution in [0.2, 0.25) is 5.02 Å². The summed E-state index contributed by atoms with van der Waals surface area (Å²) in [6.45, 7) is 5.26. The molecule has 1 aliphatic heterocycles. The van der Waals surface area contributed by atoms with Gasteiger partial charge in [0.05, 0.1) is 12.2 Å². The Morgan fingerprint density at radius 2 is 2.09 bits per heavy atom. The topological polar surface area (TPSA) is 41.6 Å². The second-order valence-electron chi connectivity index (χ2n) is 5.78. The van der Waals surface area contributed by atoms with Crippen molar-refractivity contribution < 1.29 is 9.53 Å². The lowest BCUT2D eigenvalue weighted by atomic mass is 9.96. The highest BCUT2D eigenvalue weighted by molar-refractivity contribution is 6.31. The van der Waals surface area contributed by atoms with Gasteiger partial charge in [-0.15, -0.1) is 12.4 Å². The van der Waals surface area contributed by atoms with E-state index in [2.05, 4.69) is 5.32 Å². The maximum absolute atomic E-state index is 12.8.